The Morgan fingerprint density at radius 2 is 1.26 bits per heavy atom. The standard InChI is InChI=1S/C17H33NO6S.C2H6/c1-2-20-7-8-21-9-10-22-11-12-23-13-14-24-17(19)18-15-3-5-16(25)6-4-15;1-2/h15-16,25H,2-14H2,1H3,(H,18,19);1-2H3. The van der Waals surface area contributed by atoms with Crippen molar-refractivity contribution >= 4 is 18.7 Å². The topological polar surface area (TPSA) is 75.2 Å². The summed E-state index contributed by atoms with van der Waals surface area (Å²) in [5, 5.41) is 3.35. The van der Waals surface area contributed by atoms with E-state index >= 15 is 0 Å². The summed E-state index contributed by atoms with van der Waals surface area (Å²) in [6.45, 7) is 10.5. The molecule has 0 heterocycles. The average molecular weight is 410 g/mol. The number of hydrogen-bond acceptors (Lipinski definition) is 7. The van der Waals surface area contributed by atoms with E-state index in [4.69, 9.17) is 23.7 Å². The Hall–Kier alpha value is -0.540. The molecule has 27 heavy (non-hydrogen) atoms. The van der Waals surface area contributed by atoms with Gasteiger partial charge in [-0.1, -0.05) is 13.8 Å². The normalized spacial score (nSPS) is 19.1. The van der Waals surface area contributed by atoms with Gasteiger partial charge in [-0.15, -0.1) is 0 Å². The lowest BCUT2D eigenvalue weighted by atomic mass is 9.95. The molecule has 0 aliphatic heterocycles. The van der Waals surface area contributed by atoms with Crippen LogP contribution in [-0.4, -0.2) is 76.8 Å². The van der Waals surface area contributed by atoms with Crippen LogP contribution in [0, 0.1) is 0 Å². The second-order valence-electron chi connectivity index (χ2n) is 5.82. The van der Waals surface area contributed by atoms with Crippen molar-refractivity contribution in [2.45, 2.75) is 57.7 Å². The van der Waals surface area contributed by atoms with Gasteiger partial charge in [-0.2, -0.15) is 12.6 Å². The molecule has 1 fully saturated rings. The predicted molar refractivity (Wildman–Crippen MR) is 110 cm³/mol. The lowest BCUT2D eigenvalue weighted by Gasteiger charge is -2.26. The zero-order valence-corrected chi connectivity index (χ0v) is 18.1. The second-order valence-corrected chi connectivity index (χ2v) is 6.55. The van der Waals surface area contributed by atoms with Gasteiger partial charge in [0.1, 0.15) is 6.61 Å². The van der Waals surface area contributed by atoms with E-state index in [2.05, 4.69) is 17.9 Å². The Labute approximate surface area is 170 Å². The van der Waals surface area contributed by atoms with Gasteiger partial charge in [0.15, 0.2) is 0 Å². The molecule has 0 aromatic carbocycles. The van der Waals surface area contributed by atoms with E-state index < -0.39 is 0 Å². The van der Waals surface area contributed by atoms with Crippen LogP contribution >= 0.6 is 12.6 Å². The van der Waals surface area contributed by atoms with Crippen LogP contribution in [0.5, 0.6) is 0 Å². The lowest BCUT2D eigenvalue weighted by molar-refractivity contribution is -0.00557. The third-order valence-corrected chi connectivity index (χ3v) is 4.32. The molecule has 0 radical (unpaired) electrons. The van der Waals surface area contributed by atoms with Gasteiger partial charge in [0.25, 0.3) is 0 Å². The summed E-state index contributed by atoms with van der Waals surface area (Å²) < 4.78 is 26.3. The molecule has 1 rings (SSSR count). The van der Waals surface area contributed by atoms with Gasteiger partial charge in [0, 0.05) is 17.9 Å². The van der Waals surface area contributed by atoms with Gasteiger partial charge in [-0.05, 0) is 32.6 Å². The number of rotatable bonds is 14. The number of nitrogens with one attached hydrogen (secondary N) is 1. The van der Waals surface area contributed by atoms with Gasteiger partial charge in [-0.3, -0.25) is 0 Å². The van der Waals surface area contributed by atoms with E-state index in [1.165, 1.54) is 0 Å². The molecular formula is C19H39NO6S. The van der Waals surface area contributed by atoms with Crippen LogP contribution < -0.4 is 5.32 Å². The summed E-state index contributed by atoms with van der Waals surface area (Å²) in [7, 11) is 0. The van der Waals surface area contributed by atoms with Crippen LogP contribution in [0.1, 0.15) is 46.5 Å². The molecule has 7 nitrogen and oxygen atoms in total. The molecule has 8 heteroatoms. The predicted octanol–water partition coefficient (Wildman–Crippen LogP) is 3.07. The molecule has 0 atom stereocenters. The Morgan fingerprint density at radius 3 is 1.74 bits per heavy atom. The molecule has 1 amide bonds. The Kier molecular flexibility index (Phi) is 19.8. The molecule has 1 aliphatic carbocycles. The molecule has 0 aromatic rings. The molecule has 0 bridgehead atoms. The number of carbonyl (C=O) groups is 1. The van der Waals surface area contributed by atoms with Crippen LogP contribution in [0.2, 0.25) is 0 Å². The van der Waals surface area contributed by atoms with Crippen molar-refractivity contribution < 1.29 is 28.5 Å². The molecule has 162 valence electrons. The van der Waals surface area contributed by atoms with Crippen molar-refractivity contribution in [3.63, 3.8) is 0 Å². The van der Waals surface area contributed by atoms with Crippen LogP contribution in [0.25, 0.3) is 0 Å². The molecule has 0 spiro atoms. The summed E-state index contributed by atoms with van der Waals surface area (Å²) in [5.41, 5.74) is 0. The van der Waals surface area contributed by atoms with Crippen LogP contribution in [0.3, 0.4) is 0 Å². The summed E-state index contributed by atoms with van der Waals surface area (Å²) >= 11 is 4.44. The quantitative estimate of drug-likeness (QED) is 0.339. The van der Waals surface area contributed by atoms with Crippen LogP contribution in [0.4, 0.5) is 4.79 Å². The maximum atomic E-state index is 11.6. The minimum absolute atomic E-state index is 0.209. The largest absolute Gasteiger partial charge is 0.447 e. The fourth-order valence-electron chi connectivity index (χ4n) is 2.43. The van der Waals surface area contributed by atoms with Crippen molar-refractivity contribution in [3.8, 4) is 0 Å². The molecule has 1 N–H and O–H groups in total. The minimum Gasteiger partial charge on any atom is -0.447 e. The third-order valence-electron chi connectivity index (χ3n) is 3.80. The van der Waals surface area contributed by atoms with Crippen molar-refractivity contribution in [2.75, 3.05) is 59.5 Å². The summed E-state index contributed by atoms with van der Waals surface area (Å²) in [6, 6.07) is 0.209. The number of amides is 1. The third kappa shape index (κ3) is 17.3. The van der Waals surface area contributed by atoms with Gasteiger partial charge >= 0.3 is 6.09 Å². The number of hydrogen-bond donors (Lipinski definition) is 2. The Balaban J connectivity index is 0.00000326. The van der Waals surface area contributed by atoms with E-state index in [1.807, 2.05) is 20.8 Å². The monoisotopic (exact) mass is 409 g/mol. The summed E-state index contributed by atoms with van der Waals surface area (Å²) in [4.78, 5) is 11.6. The fraction of sp³-hybridized carbons (Fsp3) is 0.947. The minimum atomic E-state index is -0.369. The van der Waals surface area contributed by atoms with E-state index in [-0.39, 0.29) is 18.7 Å². The highest BCUT2D eigenvalue weighted by atomic mass is 32.1. The number of alkyl carbamates (subject to hydrolysis) is 1. The van der Waals surface area contributed by atoms with Crippen LogP contribution in [0.15, 0.2) is 0 Å². The van der Waals surface area contributed by atoms with Crippen LogP contribution in [-0.2, 0) is 23.7 Å². The van der Waals surface area contributed by atoms with Gasteiger partial charge in [-0.25, -0.2) is 4.79 Å². The molecule has 1 saturated carbocycles. The molecule has 0 saturated heterocycles. The van der Waals surface area contributed by atoms with E-state index in [1.54, 1.807) is 0 Å². The number of carbonyl (C=O) groups excluding carboxylic acids is 1. The van der Waals surface area contributed by atoms with Gasteiger partial charge < -0.3 is 29.0 Å². The number of thiol groups is 1. The number of ether oxygens (including phenoxy) is 5. The summed E-state index contributed by atoms with van der Waals surface area (Å²) in [5.74, 6) is 0. The zero-order chi connectivity index (χ0) is 20.2. The maximum absolute atomic E-state index is 11.6. The first-order chi connectivity index (χ1) is 13.2. The van der Waals surface area contributed by atoms with Gasteiger partial charge in [0.2, 0.25) is 0 Å². The second kappa shape index (κ2) is 20.2. The first kappa shape index (κ1) is 26.5. The molecule has 0 unspecified atom stereocenters. The van der Waals surface area contributed by atoms with E-state index in [0.29, 0.717) is 58.1 Å². The molecular weight excluding hydrogens is 370 g/mol. The highest BCUT2D eigenvalue weighted by molar-refractivity contribution is 7.80. The molecule has 0 aromatic heterocycles. The van der Waals surface area contributed by atoms with Crippen molar-refractivity contribution in [2.24, 2.45) is 0 Å². The Bertz CT molecular complexity index is 327. The van der Waals surface area contributed by atoms with Crippen molar-refractivity contribution in [3.05, 3.63) is 0 Å². The lowest BCUT2D eigenvalue weighted by Crippen LogP contribution is -2.38. The average Bonchev–Trinajstić information content (AvgIpc) is 2.69. The first-order valence-electron chi connectivity index (χ1n) is 10.1. The van der Waals surface area contributed by atoms with E-state index in [9.17, 15) is 4.79 Å². The zero-order valence-electron chi connectivity index (χ0n) is 17.2. The van der Waals surface area contributed by atoms with Crippen molar-refractivity contribution in [1.29, 1.82) is 0 Å². The smallest absolute Gasteiger partial charge is 0.407 e. The maximum Gasteiger partial charge on any atom is 0.407 e. The fourth-order valence-corrected chi connectivity index (χ4v) is 2.72. The Morgan fingerprint density at radius 1 is 0.815 bits per heavy atom. The van der Waals surface area contributed by atoms with Crippen molar-refractivity contribution in [1.82, 2.24) is 5.32 Å². The van der Waals surface area contributed by atoms with Gasteiger partial charge in [0.05, 0.1) is 46.2 Å². The first-order valence-corrected chi connectivity index (χ1v) is 10.7. The SMILES string of the molecule is CC.CCOCCOCCOCCOCCOC(=O)NC1CCC(S)CC1. The highest BCUT2D eigenvalue weighted by Gasteiger charge is 2.20. The molecule has 1 aliphatic rings. The highest BCUT2D eigenvalue weighted by Crippen LogP contribution is 2.22. The van der Waals surface area contributed by atoms with E-state index in [0.717, 1.165) is 25.7 Å². The summed E-state index contributed by atoms with van der Waals surface area (Å²) in [6.07, 6.45) is 3.63.